The highest BCUT2D eigenvalue weighted by molar-refractivity contribution is 6.48. The van der Waals surface area contributed by atoms with Gasteiger partial charge >= 0.3 is 13.1 Å². The summed E-state index contributed by atoms with van der Waals surface area (Å²) in [5.74, 6) is 2.52. The fourth-order valence-electron chi connectivity index (χ4n) is 3.38. The molecule has 1 aliphatic rings. The summed E-state index contributed by atoms with van der Waals surface area (Å²) in [7, 11) is -1.48. The Morgan fingerprint density at radius 3 is 2.50 bits per heavy atom. The minimum atomic E-state index is -1.48. The van der Waals surface area contributed by atoms with Crippen LogP contribution in [0.15, 0.2) is 30.2 Å². The smallest absolute Gasteiger partial charge is 0.458 e. The van der Waals surface area contributed by atoms with Crippen molar-refractivity contribution in [2.75, 3.05) is 0 Å². The van der Waals surface area contributed by atoms with Crippen molar-refractivity contribution >= 4 is 19.2 Å². The fraction of sp³-hybridized carbons (Fsp3) is 0.526. The van der Waals surface area contributed by atoms with Crippen LogP contribution < -0.4 is 0 Å². The van der Waals surface area contributed by atoms with Crippen LogP contribution in [-0.4, -0.2) is 29.2 Å². The highest BCUT2D eigenvalue weighted by atomic mass is 16.5. The van der Waals surface area contributed by atoms with Gasteiger partial charge in [-0.2, -0.15) is 0 Å². The molecule has 130 valence electrons. The van der Waals surface area contributed by atoms with Crippen molar-refractivity contribution in [1.82, 2.24) is 0 Å². The lowest BCUT2D eigenvalue weighted by Crippen LogP contribution is -2.35. The van der Waals surface area contributed by atoms with Crippen LogP contribution in [0.5, 0.6) is 0 Å². The Labute approximate surface area is 144 Å². The van der Waals surface area contributed by atoms with E-state index in [1.165, 1.54) is 12.4 Å². The van der Waals surface area contributed by atoms with Gasteiger partial charge in [-0.05, 0) is 48.3 Å². The van der Waals surface area contributed by atoms with Crippen molar-refractivity contribution < 1.29 is 19.6 Å². The minimum Gasteiger partial charge on any atom is -0.458 e. The second kappa shape index (κ2) is 8.49. The lowest BCUT2D eigenvalue weighted by molar-refractivity contribution is -0.0174. The van der Waals surface area contributed by atoms with Crippen molar-refractivity contribution in [2.24, 2.45) is 17.8 Å². The topological polar surface area (TPSA) is 66.8 Å². The summed E-state index contributed by atoms with van der Waals surface area (Å²) >= 11 is 0. The molecule has 0 unspecified atom stereocenters. The van der Waals surface area contributed by atoms with E-state index in [4.69, 9.17) is 14.8 Å². The summed E-state index contributed by atoms with van der Waals surface area (Å²) in [4.78, 5) is 12.4. The number of esters is 1. The van der Waals surface area contributed by atoms with Gasteiger partial charge in [-0.3, -0.25) is 0 Å². The van der Waals surface area contributed by atoms with Crippen molar-refractivity contribution in [3.8, 4) is 0 Å². The first-order valence-electron chi connectivity index (χ1n) is 8.72. The molecular formula is C19H27BO4. The maximum absolute atomic E-state index is 12.4. The molecule has 0 heterocycles. The molecule has 4 nitrogen and oxygen atoms in total. The molecule has 5 heteroatoms. The predicted molar refractivity (Wildman–Crippen MR) is 96.2 cm³/mol. The summed E-state index contributed by atoms with van der Waals surface area (Å²) in [6.45, 7) is 6.60. The zero-order valence-corrected chi connectivity index (χ0v) is 14.7. The summed E-state index contributed by atoms with van der Waals surface area (Å²) in [6.07, 6.45) is 4.84. The number of hydrogen-bond donors (Lipinski definition) is 2. The molecule has 1 saturated carbocycles. The molecule has 0 spiro atoms. The van der Waals surface area contributed by atoms with Crippen LogP contribution in [-0.2, 0) is 4.74 Å². The van der Waals surface area contributed by atoms with E-state index in [1.54, 1.807) is 30.3 Å². The standard InChI is InChI=1S/C19H27BO4/c1-13(2)17-9-4-14(3)12-18(17)24-19(21)16-7-5-15(6-8-16)10-11-20(22)23/h5-8,10-11,13-14,17-18,22-23H,4,9,12H2,1-3H3/b11-10+/t14-,17+,18-/m1/s1. The third kappa shape index (κ3) is 5.21. The first kappa shape index (κ1) is 18.7. The third-order valence-corrected chi connectivity index (χ3v) is 4.83. The van der Waals surface area contributed by atoms with Gasteiger partial charge in [0, 0.05) is 0 Å². The molecule has 1 fully saturated rings. The monoisotopic (exact) mass is 330 g/mol. The van der Waals surface area contributed by atoms with E-state index in [1.807, 2.05) is 0 Å². The molecule has 0 aromatic heterocycles. The van der Waals surface area contributed by atoms with E-state index in [9.17, 15) is 4.79 Å². The average molecular weight is 330 g/mol. The number of carbonyl (C=O) groups excluding carboxylic acids is 1. The maximum atomic E-state index is 12.4. The highest BCUT2D eigenvalue weighted by Gasteiger charge is 2.33. The number of carbonyl (C=O) groups is 1. The molecule has 2 rings (SSSR count). The van der Waals surface area contributed by atoms with E-state index in [0.29, 0.717) is 23.3 Å². The van der Waals surface area contributed by atoms with Gasteiger partial charge in [-0.25, -0.2) is 4.79 Å². The van der Waals surface area contributed by atoms with Crippen molar-refractivity contribution in [1.29, 1.82) is 0 Å². The molecular weight excluding hydrogens is 303 g/mol. The minimum absolute atomic E-state index is 0.00893. The van der Waals surface area contributed by atoms with Gasteiger partial charge in [-0.15, -0.1) is 0 Å². The first-order valence-corrected chi connectivity index (χ1v) is 8.72. The van der Waals surface area contributed by atoms with Gasteiger partial charge < -0.3 is 14.8 Å². The van der Waals surface area contributed by atoms with E-state index in [0.717, 1.165) is 18.4 Å². The largest absolute Gasteiger partial charge is 0.480 e. The van der Waals surface area contributed by atoms with Gasteiger partial charge in [0.15, 0.2) is 0 Å². The van der Waals surface area contributed by atoms with Gasteiger partial charge in [0.2, 0.25) is 0 Å². The Morgan fingerprint density at radius 1 is 1.25 bits per heavy atom. The van der Waals surface area contributed by atoms with Crippen LogP contribution >= 0.6 is 0 Å². The Kier molecular flexibility index (Phi) is 6.64. The van der Waals surface area contributed by atoms with E-state index in [-0.39, 0.29) is 12.1 Å². The molecule has 0 radical (unpaired) electrons. The molecule has 3 atom stereocenters. The van der Waals surface area contributed by atoms with Gasteiger partial charge in [-0.1, -0.05) is 51.4 Å². The molecule has 0 saturated heterocycles. The second-order valence-electron chi connectivity index (χ2n) is 7.16. The van der Waals surface area contributed by atoms with Gasteiger partial charge in [0.25, 0.3) is 0 Å². The van der Waals surface area contributed by atoms with Crippen LogP contribution in [0, 0.1) is 17.8 Å². The van der Waals surface area contributed by atoms with Crippen LogP contribution in [0.4, 0.5) is 0 Å². The number of ether oxygens (including phenoxy) is 1. The van der Waals surface area contributed by atoms with Crippen LogP contribution in [0.3, 0.4) is 0 Å². The summed E-state index contributed by atoms with van der Waals surface area (Å²) in [5.41, 5.74) is 1.32. The van der Waals surface area contributed by atoms with Crippen LogP contribution in [0.25, 0.3) is 6.08 Å². The molecule has 0 aliphatic heterocycles. The second-order valence-corrected chi connectivity index (χ2v) is 7.16. The van der Waals surface area contributed by atoms with Crippen LogP contribution in [0.2, 0.25) is 0 Å². The van der Waals surface area contributed by atoms with Crippen molar-refractivity contribution in [2.45, 2.75) is 46.1 Å². The van der Waals surface area contributed by atoms with Crippen LogP contribution in [0.1, 0.15) is 56.0 Å². The van der Waals surface area contributed by atoms with Crippen molar-refractivity contribution in [3.05, 3.63) is 41.4 Å². The Morgan fingerprint density at radius 2 is 1.92 bits per heavy atom. The summed E-state index contributed by atoms with van der Waals surface area (Å²) in [6, 6.07) is 6.95. The molecule has 0 bridgehead atoms. The summed E-state index contributed by atoms with van der Waals surface area (Å²) < 4.78 is 5.82. The Balaban J connectivity index is 2.02. The quantitative estimate of drug-likeness (QED) is 0.642. The highest BCUT2D eigenvalue weighted by Crippen LogP contribution is 2.35. The Hall–Kier alpha value is -1.59. The van der Waals surface area contributed by atoms with Gasteiger partial charge in [0.1, 0.15) is 6.10 Å². The van der Waals surface area contributed by atoms with E-state index in [2.05, 4.69) is 20.8 Å². The summed E-state index contributed by atoms with van der Waals surface area (Å²) in [5, 5.41) is 17.6. The molecule has 1 aliphatic carbocycles. The molecule has 1 aromatic carbocycles. The van der Waals surface area contributed by atoms with E-state index < -0.39 is 7.12 Å². The maximum Gasteiger partial charge on any atom is 0.480 e. The zero-order valence-electron chi connectivity index (χ0n) is 14.7. The lowest BCUT2D eigenvalue weighted by Gasteiger charge is -2.36. The Bertz CT molecular complexity index is 565. The predicted octanol–water partition coefficient (Wildman–Crippen LogP) is 3.33. The SMILES string of the molecule is CC(C)[C@@H]1CC[C@@H](C)C[C@H]1OC(=O)c1ccc(/C=C/B(O)O)cc1. The number of benzene rings is 1. The van der Waals surface area contributed by atoms with Gasteiger partial charge in [0.05, 0.1) is 5.56 Å². The number of rotatable bonds is 5. The third-order valence-electron chi connectivity index (χ3n) is 4.83. The molecule has 1 aromatic rings. The molecule has 24 heavy (non-hydrogen) atoms. The molecule has 0 amide bonds. The lowest BCUT2D eigenvalue weighted by atomic mass is 9.75. The first-order chi connectivity index (χ1) is 11.4. The normalized spacial score (nSPS) is 24.3. The van der Waals surface area contributed by atoms with E-state index >= 15 is 0 Å². The number of hydrogen-bond acceptors (Lipinski definition) is 4. The fourth-order valence-corrected chi connectivity index (χ4v) is 3.38. The van der Waals surface area contributed by atoms with Crippen molar-refractivity contribution in [3.63, 3.8) is 0 Å². The average Bonchev–Trinajstić information content (AvgIpc) is 2.53. The zero-order chi connectivity index (χ0) is 17.7. The molecule has 2 N–H and O–H groups in total.